The minimum Gasteiger partial charge on any atom is -0.377 e. The number of carbonyl (C=O) groups excluding carboxylic acids is 1. The predicted octanol–water partition coefficient (Wildman–Crippen LogP) is -1.38. The first kappa shape index (κ1) is 14.9. The van der Waals surface area contributed by atoms with E-state index in [1.54, 1.807) is 0 Å². The molecule has 11 heteroatoms. The summed E-state index contributed by atoms with van der Waals surface area (Å²) in [6.07, 6.45) is 1.05. The van der Waals surface area contributed by atoms with Crippen LogP contribution in [-0.2, 0) is 9.53 Å². The molecule has 1 atom stereocenters. The third kappa shape index (κ3) is 2.98. The highest BCUT2D eigenvalue weighted by Crippen LogP contribution is 2.28. The molecule has 2 heterocycles. The van der Waals surface area contributed by atoms with Crippen LogP contribution in [-0.4, -0.2) is 53.6 Å². The predicted molar refractivity (Wildman–Crippen MR) is 72.5 cm³/mol. The van der Waals surface area contributed by atoms with E-state index in [1.807, 2.05) is 0 Å². The minimum atomic E-state index is -0.706. The fourth-order valence-corrected chi connectivity index (χ4v) is 2.02. The monoisotopic (exact) mass is 297 g/mol. The molecule has 114 valence electrons. The number of nitro groups is 1. The topological polar surface area (TPSA) is 149 Å². The van der Waals surface area contributed by atoms with Crippen LogP contribution in [0.1, 0.15) is 0 Å². The normalized spacial score (nSPS) is 18.2. The smallest absolute Gasteiger partial charge is 0.329 e. The second kappa shape index (κ2) is 6.28. The minimum absolute atomic E-state index is 0.0257. The van der Waals surface area contributed by atoms with Gasteiger partial charge in [0.05, 0.1) is 18.1 Å². The highest BCUT2D eigenvalue weighted by molar-refractivity contribution is 5.86. The zero-order valence-electron chi connectivity index (χ0n) is 11.3. The maximum atomic E-state index is 11.9. The van der Waals surface area contributed by atoms with Gasteiger partial charge >= 0.3 is 5.69 Å². The zero-order valence-corrected chi connectivity index (χ0v) is 11.3. The third-order valence-corrected chi connectivity index (χ3v) is 3.03. The SMILES string of the molecule is CNC(=O)C1COCCN1c1nc(NN)ncc1[N+](=O)[O-]. The summed E-state index contributed by atoms with van der Waals surface area (Å²) in [4.78, 5) is 31.7. The lowest BCUT2D eigenvalue weighted by Gasteiger charge is -2.34. The molecule has 1 amide bonds. The molecule has 4 N–H and O–H groups in total. The zero-order chi connectivity index (χ0) is 15.4. The fraction of sp³-hybridized carbons (Fsp3) is 0.500. The number of nitrogens with one attached hydrogen (secondary N) is 2. The molecular formula is C10H15N7O4. The first-order chi connectivity index (χ1) is 10.1. The molecule has 0 aliphatic carbocycles. The number of hydrogen-bond donors (Lipinski definition) is 3. The lowest BCUT2D eigenvalue weighted by atomic mass is 10.2. The van der Waals surface area contributed by atoms with Crippen LogP contribution >= 0.6 is 0 Å². The highest BCUT2D eigenvalue weighted by atomic mass is 16.6. The van der Waals surface area contributed by atoms with Gasteiger partial charge in [0.1, 0.15) is 12.2 Å². The van der Waals surface area contributed by atoms with Crippen molar-refractivity contribution >= 4 is 23.4 Å². The number of hydrazine groups is 1. The number of morpholine rings is 1. The number of nitrogens with zero attached hydrogens (tertiary/aromatic N) is 4. The fourth-order valence-electron chi connectivity index (χ4n) is 2.02. The Balaban J connectivity index is 2.45. The average Bonchev–Trinajstić information content (AvgIpc) is 2.53. The molecule has 2 rings (SSSR count). The molecule has 0 bridgehead atoms. The molecule has 0 aromatic carbocycles. The largest absolute Gasteiger partial charge is 0.377 e. The van der Waals surface area contributed by atoms with Gasteiger partial charge in [0.25, 0.3) is 0 Å². The Labute approximate surface area is 119 Å². The van der Waals surface area contributed by atoms with Gasteiger partial charge in [-0.2, -0.15) is 4.98 Å². The maximum Gasteiger partial charge on any atom is 0.329 e. The Morgan fingerprint density at radius 2 is 2.43 bits per heavy atom. The molecule has 21 heavy (non-hydrogen) atoms. The van der Waals surface area contributed by atoms with Gasteiger partial charge in [0, 0.05) is 13.6 Å². The van der Waals surface area contributed by atoms with Crippen LogP contribution in [0, 0.1) is 10.1 Å². The number of rotatable bonds is 4. The molecule has 1 fully saturated rings. The van der Waals surface area contributed by atoms with Crippen LogP contribution in [0.15, 0.2) is 6.20 Å². The molecule has 1 aromatic heterocycles. The van der Waals surface area contributed by atoms with E-state index in [0.29, 0.717) is 13.2 Å². The maximum absolute atomic E-state index is 11.9. The summed E-state index contributed by atoms with van der Waals surface area (Å²) in [5.41, 5.74) is 1.93. The quantitative estimate of drug-likeness (QED) is 0.347. The van der Waals surface area contributed by atoms with E-state index in [9.17, 15) is 14.9 Å². The van der Waals surface area contributed by atoms with Crippen molar-refractivity contribution in [3.05, 3.63) is 16.3 Å². The van der Waals surface area contributed by atoms with Crippen molar-refractivity contribution < 1.29 is 14.5 Å². The summed E-state index contributed by atoms with van der Waals surface area (Å²) in [6, 6.07) is -0.706. The van der Waals surface area contributed by atoms with Gasteiger partial charge in [-0.25, -0.2) is 10.8 Å². The van der Waals surface area contributed by atoms with E-state index in [0.717, 1.165) is 6.20 Å². The number of nitrogen functional groups attached to an aromatic ring is 1. The van der Waals surface area contributed by atoms with Gasteiger partial charge in [-0.1, -0.05) is 0 Å². The van der Waals surface area contributed by atoms with Crippen LogP contribution in [0.25, 0.3) is 0 Å². The third-order valence-electron chi connectivity index (χ3n) is 3.03. The highest BCUT2D eigenvalue weighted by Gasteiger charge is 2.34. The summed E-state index contributed by atoms with van der Waals surface area (Å²) in [7, 11) is 1.48. The standard InChI is InChI=1S/C10H15N7O4/c1-12-9(18)7-5-21-3-2-16(7)8-6(17(19)20)4-13-10(14-8)15-11/h4,7H,2-3,5,11H2,1H3,(H,12,18)(H,13,14,15). The van der Waals surface area contributed by atoms with Gasteiger partial charge in [-0.15, -0.1) is 0 Å². The van der Waals surface area contributed by atoms with E-state index in [4.69, 9.17) is 10.6 Å². The van der Waals surface area contributed by atoms with Crippen LogP contribution in [0.5, 0.6) is 0 Å². The van der Waals surface area contributed by atoms with E-state index in [2.05, 4.69) is 20.7 Å². The number of anilines is 2. The Bertz CT molecular complexity index is 552. The molecule has 1 aromatic rings. The summed E-state index contributed by atoms with van der Waals surface area (Å²) in [5.74, 6) is 4.97. The second-order valence-corrected chi connectivity index (χ2v) is 4.20. The van der Waals surface area contributed by atoms with Crippen molar-refractivity contribution in [3.63, 3.8) is 0 Å². The van der Waals surface area contributed by atoms with Crippen molar-refractivity contribution in [2.75, 3.05) is 37.1 Å². The van der Waals surface area contributed by atoms with Gasteiger partial charge in [-0.3, -0.25) is 20.3 Å². The van der Waals surface area contributed by atoms with E-state index in [1.165, 1.54) is 11.9 Å². The van der Waals surface area contributed by atoms with Crippen molar-refractivity contribution in [2.24, 2.45) is 5.84 Å². The second-order valence-electron chi connectivity index (χ2n) is 4.20. The molecule has 1 unspecified atom stereocenters. The number of aromatic nitrogens is 2. The molecule has 0 radical (unpaired) electrons. The van der Waals surface area contributed by atoms with Crippen LogP contribution in [0.4, 0.5) is 17.5 Å². The van der Waals surface area contributed by atoms with E-state index in [-0.39, 0.29) is 30.0 Å². The Hall–Kier alpha value is -2.53. The van der Waals surface area contributed by atoms with Crippen molar-refractivity contribution in [1.82, 2.24) is 15.3 Å². The van der Waals surface area contributed by atoms with Gasteiger partial charge in [0.2, 0.25) is 17.7 Å². The number of amides is 1. The van der Waals surface area contributed by atoms with Crippen molar-refractivity contribution in [2.45, 2.75) is 6.04 Å². The van der Waals surface area contributed by atoms with E-state index < -0.39 is 11.0 Å². The molecule has 1 aliphatic rings. The molecule has 0 saturated carbocycles. The van der Waals surface area contributed by atoms with Gasteiger partial charge in [0.15, 0.2) is 0 Å². The number of nitrogens with two attached hydrogens (primary N) is 1. The summed E-state index contributed by atoms with van der Waals surface area (Å²) in [6.45, 7) is 0.742. The Morgan fingerprint density at radius 1 is 1.67 bits per heavy atom. The van der Waals surface area contributed by atoms with Crippen LogP contribution in [0.2, 0.25) is 0 Å². The number of hydrogen-bond acceptors (Lipinski definition) is 9. The van der Waals surface area contributed by atoms with Gasteiger partial charge < -0.3 is 15.0 Å². The molecule has 0 spiro atoms. The number of likely N-dealkylation sites (N-methyl/N-ethyl adjacent to an activating group) is 1. The lowest BCUT2D eigenvalue weighted by molar-refractivity contribution is -0.384. The Morgan fingerprint density at radius 3 is 3.05 bits per heavy atom. The summed E-state index contributed by atoms with van der Waals surface area (Å²) in [5, 5.41) is 13.6. The van der Waals surface area contributed by atoms with Gasteiger partial charge in [-0.05, 0) is 0 Å². The van der Waals surface area contributed by atoms with Crippen molar-refractivity contribution in [1.29, 1.82) is 0 Å². The molecule has 11 nitrogen and oxygen atoms in total. The lowest BCUT2D eigenvalue weighted by Crippen LogP contribution is -2.53. The first-order valence-corrected chi connectivity index (χ1v) is 6.12. The van der Waals surface area contributed by atoms with Crippen LogP contribution < -0.4 is 21.5 Å². The summed E-state index contributed by atoms with van der Waals surface area (Å²) < 4.78 is 5.26. The molecular weight excluding hydrogens is 282 g/mol. The molecule has 1 saturated heterocycles. The van der Waals surface area contributed by atoms with Crippen molar-refractivity contribution in [3.8, 4) is 0 Å². The Kier molecular flexibility index (Phi) is 4.45. The van der Waals surface area contributed by atoms with Crippen LogP contribution in [0.3, 0.4) is 0 Å². The summed E-state index contributed by atoms with van der Waals surface area (Å²) >= 11 is 0. The molecule has 1 aliphatic heterocycles. The number of ether oxygens (including phenoxy) is 1. The van der Waals surface area contributed by atoms with E-state index >= 15 is 0 Å². The first-order valence-electron chi connectivity index (χ1n) is 6.12. The average molecular weight is 297 g/mol. The number of carbonyl (C=O) groups is 1.